The summed E-state index contributed by atoms with van der Waals surface area (Å²) < 4.78 is 24.9. The number of nitrogens with one attached hydrogen (secondary N) is 1. The highest BCUT2D eigenvalue weighted by atomic mass is 19.3. The molecule has 1 heterocycles. The summed E-state index contributed by atoms with van der Waals surface area (Å²) in [5.74, 6) is -0.755. The van der Waals surface area contributed by atoms with Gasteiger partial charge in [-0.05, 0) is 23.6 Å². The molecule has 6 heteroatoms. The van der Waals surface area contributed by atoms with Crippen molar-refractivity contribution >= 4 is 17.5 Å². The second-order valence-corrected chi connectivity index (χ2v) is 6.50. The van der Waals surface area contributed by atoms with Crippen molar-refractivity contribution in [2.24, 2.45) is 0 Å². The number of carbonyl (C=O) groups excluding carboxylic acids is 2. The molecule has 2 amide bonds. The SMILES string of the molecule is CN1C(=O)[C@](CC(=O)NCC(F)F)(Cc2ccccc2)c2ccccc21. The maximum absolute atomic E-state index is 13.2. The summed E-state index contributed by atoms with van der Waals surface area (Å²) in [7, 11) is 1.67. The van der Waals surface area contributed by atoms with Crippen LogP contribution in [-0.2, 0) is 21.4 Å². The number of alkyl halides is 2. The Morgan fingerprint density at radius 2 is 1.77 bits per heavy atom. The number of fused-ring (bicyclic) bond motifs is 1. The van der Waals surface area contributed by atoms with Crippen molar-refractivity contribution in [1.82, 2.24) is 5.32 Å². The van der Waals surface area contributed by atoms with Gasteiger partial charge < -0.3 is 10.2 Å². The maximum atomic E-state index is 13.2. The number of hydrogen-bond donors (Lipinski definition) is 1. The third-order valence-electron chi connectivity index (χ3n) is 4.76. The third-order valence-corrected chi connectivity index (χ3v) is 4.76. The summed E-state index contributed by atoms with van der Waals surface area (Å²) in [5, 5.41) is 2.23. The van der Waals surface area contributed by atoms with E-state index in [1.54, 1.807) is 11.9 Å². The normalized spacial score (nSPS) is 18.9. The van der Waals surface area contributed by atoms with E-state index in [0.29, 0.717) is 6.42 Å². The van der Waals surface area contributed by atoms with Crippen LogP contribution in [-0.4, -0.2) is 31.8 Å². The van der Waals surface area contributed by atoms with Crippen LogP contribution in [0.3, 0.4) is 0 Å². The fraction of sp³-hybridized carbons (Fsp3) is 0.300. The van der Waals surface area contributed by atoms with Crippen LogP contribution >= 0.6 is 0 Å². The van der Waals surface area contributed by atoms with Crippen LogP contribution in [0.15, 0.2) is 54.6 Å². The minimum Gasteiger partial charge on any atom is -0.350 e. The molecule has 3 rings (SSSR count). The van der Waals surface area contributed by atoms with Gasteiger partial charge in [-0.1, -0.05) is 48.5 Å². The molecule has 2 aromatic rings. The number of likely N-dealkylation sites (N-methyl/N-ethyl adjacent to an activating group) is 1. The lowest BCUT2D eigenvalue weighted by Crippen LogP contribution is -2.45. The molecule has 0 spiro atoms. The van der Waals surface area contributed by atoms with E-state index in [-0.39, 0.29) is 12.3 Å². The number of para-hydroxylation sites is 1. The molecule has 2 aromatic carbocycles. The molecule has 1 atom stereocenters. The van der Waals surface area contributed by atoms with Crippen LogP contribution in [0.5, 0.6) is 0 Å². The quantitative estimate of drug-likeness (QED) is 0.863. The molecule has 26 heavy (non-hydrogen) atoms. The van der Waals surface area contributed by atoms with Gasteiger partial charge >= 0.3 is 0 Å². The first-order chi connectivity index (χ1) is 12.4. The summed E-state index contributed by atoms with van der Waals surface area (Å²) in [4.78, 5) is 27.0. The van der Waals surface area contributed by atoms with Crippen LogP contribution in [0.4, 0.5) is 14.5 Å². The monoisotopic (exact) mass is 358 g/mol. The Morgan fingerprint density at radius 1 is 1.12 bits per heavy atom. The first kappa shape index (κ1) is 18.0. The smallest absolute Gasteiger partial charge is 0.255 e. The number of nitrogens with zero attached hydrogens (tertiary/aromatic N) is 1. The minimum atomic E-state index is -2.63. The van der Waals surface area contributed by atoms with Gasteiger partial charge in [-0.15, -0.1) is 0 Å². The molecule has 4 nitrogen and oxygen atoms in total. The number of rotatable bonds is 6. The number of benzene rings is 2. The highest BCUT2D eigenvalue weighted by molar-refractivity contribution is 6.09. The lowest BCUT2D eigenvalue weighted by molar-refractivity contribution is -0.129. The fourth-order valence-electron chi connectivity index (χ4n) is 3.59. The number of amides is 2. The van der Waals surface area contributed by atoms with Gasteiger partial charge in [-0.2, -0.15) is 0 Å². The third kappa shape index (κ3) is 3.31. The summed E-state index contributed by atoms with van der Waals surface area (Å²) in [6, 6.07) is 16.7. The Kier molecular flexibility index (Phi) is 5.02. The van der Waals surface area contributed by atoms with Gasteiger partial charge in [0.1, 0.15) is 0 Å². The highest BCUT2D eigenvalue weighted by Gasteiger charge is 2.50. The molecule has 0 saturated heterocycles. The molecular formula is C20H20F2N2O2. The molecule has 0 fully saturated rings. The van der Waals surface area contributed by atoms with E-state index < -0.39 is 24.3 Å². The van der Waals surface area contributed by atoms with Gasteiger partial charge in [0.05, 0.1) is 12.0 Å². The van der Waals surface area contributed by atoms with Crippen molar-refractivity contribution in [2.75, 3.05) is 18.5 Å². The number of carbonyl (C=O) groups is 2. The number of anilines is 1. The summed E-state index contributed by atoms with van der Waals surface area (Å²) in [6.07, 6.45) is -2.47. The molecule has 0 unspecified atom stereocenters. The summed E-state index contributed by atoms with van der Waals surface area (Å²) >= 11 is 0. The molecule has 1 aliphatic rings. The predicted molar refractivity (Wildman–Crippen MR) is 95.3 cm³/mol. The summed E-state index contributed by atoms with van der Waals surface area (Å²) in [5.41, 5.74) is 1.31. The van der Waals surface area contributed by atoms with E-state index in [2.05, 4.69) is 5.32 Å². The van der Waals surface area contributed by atoms with Crippen LogP contribution in [0.25, 0.3) is 0 Å². The van der Waals surface area contributed by atoms with Crippen molar-refractivity contribution in [3.8, 4) is 0 Å². The first-order valence-electron chi connectivity index (χ1n) is 8.40. The maximum Gasteiger partial charge on any atom is 0.255 e. The van der Waals surface area contributed by atoms with E-state index in [9.17, 15) is 18.4 Å². The van der Waals surface area contributed by atoms with Gasteiger partial charge in [0, 0.05) is 19.2 Å². The van der Waals surface area contributed by atoms with Crippen molar-refractivity contribution < 1.29 is 18.4 Å². The zero-order valence-corrected chi connectivity index (χ0v) is 14.4. The number of hydrogen-bond acceptors (Lipinski definition) is 2. The molecule has 0 aromatic heterocycles. The Labute approximate surface area is 150 Å². The Morgan fingerprint density at radius 3 is 2.46 bits per heavy atom. The van der Waals surface area contributed by atoms with Crippen LogP contribution < -0.4 is 10.2 Å². The second-order valence-electron chi connectivity index (χ2n) is 6.50. The average Bonchev–Trinajstić information content (AvgIpc) is 2.84. The lowest BCUT2D eigenvalue weighted by atomic mass is 9.73. The second kappa shape index (κ2) is 7.23. The van der Waals surface area contributed by atoms with Gasteiger partial charge in [0.15, 0.2) is 0 Å². The first-order valence-corrected chi connectivity index (χ1v) is 8.40. The van der Waals surface area contributed by atoms with Crippen molar-refractivity contribution in [2.45, 2.75) is 24.7 Å². The standard InChI is InChI=1S/C20H20F2N2O2/c1-24-16-10-6-5-9-15(16)20(19(24)26,11-14-7-3-2-4-8-14)12-18(25)23-13-17(21)22/h2-10,17H,11-13H2,1H3,(H,23,25)/t20-/m0/s1. The molecule has 0 aliphatic carbocycles. The van der Waals surface area contributed by atoms with E-state index in [1.807, 2.05) is 54.6 Å². The largest absolute Gasteiger partial charge is 0.350 e. The number of halogens is 2. The molecule has 1 N–H and O–H groups in total. The van der Waals surface area contributed by atoms with E-state index >= 15 is 0 Å². The zero-order valence-electron chi connectivity index (χ0n) is 14.4. The van der Waals surface area contributed by atoms with E-state index in [1.165, 1.54) is 0 Å². The molecule has 0 bridgehead atoms. The van der Waals surface area contributed by atoms with E-state index in [0.717, 1.165) is 16.8 Å². The molecular weight excluding hydrogens is 338 g/mol. The Balaban J connectivity index is 2.00. The highest BCUT2D eigenvalue weighted by Crippen LogP contribution is 2.45. The Hall–Kier alpha value is -2.76. The van der Waals surface area contributed by atoms with Crippen molar-refractivity contribution in [3.05, 3.63) is 65.7 Å². The fourth-order valence-corrected chi connectivity index (χ4v) is 3.59. The molecule has 136 valence electrons. The van der Waals surface area contributed by atoms with Gasteiger partial charge in [-0.3, -0.25) is 9.59 Å². The van der Waals surface area contributed by atoms with Gasteiger partial charge in [0.25, 0.3) is 6.43 Å². The zero-order chi connectivity index (χ0) is 18.7. The predicted octanol–water partition coefficient (Wildman–Crippen LogP) is 2.91. The van der Waals surface area contributed by atoms with Gasteiger partial charge in [-0.25, -0.2) is 8.78 Å². The molecule has 0 saturated carbocycles. The van der Waals surface area contributed by atoms with Gasteiger partial charge in [0.2, 0.25) is 11.8 Å². The Bertz CT molecular complexity index is 810. The van der Waals surface area contributed by atoms with Crippen molar-refractivity contribution in [3.63, 3.8) is 0 Å². The lowest BCUT2D eigenvalue weighted by Gasteiger charge is -2.28. The minimum absolute atomic E-state index is 0.172. The van der Waals surface area contributed by atoms with E-state index in [4.69, 9.17) is 0 Å². The average molecular weight is 358 g/mol. The van der Waals surface area contributed by atoms with Crippen molar-refractivity contribution in [1.29, 1.82) is 0 Å². The van der Waals surface area contributed by atoms with Crippen LogP contribution in [0, 0.1) is 0 Å². The molecule has 1 aliphatic heterocycles. The molecule has 0 radical (unpaired) electrons. The summed E-state index contributed by atoms with van der Waals surface area (Å²) in [6.45, 7) is -0.716. The van der Waals surface area contributed by atoms with Crippen LogP contribution in [0.2, 0.25) is 0 Å². The van der Waals surface area contributed by atoms with Crippen LogP contribution in [0.1, 0.15) is 17.5 Å². The topological polar surface area (TPSA) is 49.4 Å².